The van der Waals surface area contributed by atoms with E-state index in [1.165, 1.54) is 22.5 Å². The van der Waals surface area contributed by atoms with E-state index in [1.807, 2.05) is 14.1 Å². The Balaban J connectivity index is 1.64. The van der Waals surface area contributed by atoms with Crippen molar-refractivity contribution in [1.82, 2.24) is 24.5 Å². The van der Waals surface area contributed by atoms with Crippen LogP contribution < -0.4 is 16.4 Å². The number of aromatic amines is 2. The largest absolute Gasteiger partial charge is 0.355 e. The molecule has 1 aliphatic rings. The fourth-order valence-electron chi connectivity index (χ4n) is 4.14. The molecule has 3 N–H and O–H groups in total. The van der Waals surface area contributed by atoms with Crippen LogP contribution in [0.15, 0.2) is 32.7 Å². The molecule has 1 amide bonds. The third-order valence-electron chi connectivity index (χ3n) is 5.64. The van der Waals surface area contributed by atoms with Crippen LogP contribution in [0.4, 0.5) is 0 Å². The van der Waals surface area contributed by atoms with Crippen LogP contribution in [0, 0.1) is 11.3 Å². The van der Waals surface area contributed by atoms with Gasteiger partial charge in [0.15, 0.2) is 0 Å². The molecule has 0 spiro atoms. The molecule has 10 nitrogen and oxygen atoms in total. The molecule has 0 unspecified atom stereocenters. The number of rotatable bonds is 7. The number of carbonyl (C=O) groups is 1. The normalized spacial score (nSPS) is 16.5. The average Bonchev–Trinajstić information content (AvgIpc) is 2.71. The molecule has 2 aromatic rings. The summed E-state index contributed by atoms with van der Waals surface area (Å²) in [6.07, 6.45) is 0.883. The highest BCUT2D eigenvalue weighted by atomic mass is 32.2. The molecule has 1 fully saturated rings. The number of piperidine rings is 1. The van der Waals surface area contributed by atoms with Gasteiger partial charge in [-0.25, -0.2) is 8.42 Å². The number of nitrogens with one attached hydrogen (secondary N) is 3. The summed E-state index contributed by atoms with van der Waals surface area (Å²) in [5.74, 6) is -0.268. The van der Waals surface area contributed by atoms with Gasteiger partial charge in [0, 0.05) is 32.1 Å². The molecule has 0 radical (unpaired) electrons. The van der Waals surface area contributed by atoms with Crippen LogP contribution in [0.25, 0.3) is 11.0 Å². The van der Waals surface area contributed by atoms with Gasteiger partial charge in [-0.2, -0.15) is 4.31 Å². The van der Waals surface area contributed by atoms with Gasteiger partial charge in [-0.1, -0.05) is 13.8 Å². The van der Waals surface area contributed by atoms with Crippen LogP contribution in [0.3, 0.4) is 0 Å². The topological polar surface area (TPSA) is 135 Å². The lowest BCUT2D eigenvalue weighted by Gasteiger charge is -2.32. The predicted molar refractivity (Wildman–Crippen MR) is 122 cm³/mol. The Morgan fingerprint density at radius 3 is 2.31 bits per heavy atom. The summed E-state index contributed by atoms with van der Waals surface area (Å²) in [4.78, 5) is 42.5. The van der Waals surface area contributed by atoms with Crippen molar-refractivity contribution >= 4 is 27.0 Å². The Bertz CT molecular complexity index is 1210. The van der Waals surface area contributed by atoms with E-state index >= 15 is 0 Å². The quantitative estimate of drug-likeness (QED) is 0.504. The number of aromatic nitrogens is 2. The standard InChI is InChI=1S/C21H31N5O5S/c1-21(2,13-25(3)4)12-22-18(27)14-7-9-26(10-8-14)32(30,31)15-5-6-16-17(11-15)24-20(29)19(28)23-16/h5-6,11,14H,7-10,12-13H2,1-4H3,(H,22,27)(H,23,28)(H,24,29). The van der Waals surface area contributed by atoms with Crippen molar-refractivity contribution in [2.24, 2.45) is 11.3 Å². The molecule has 176 valence electrons. The van der Waals surface area contributed by atoms with Crippen LogP contribution in [0.1, 0.15) is 26.7 Å². The van der Waals surface area contributed by atoms with Crippen molar-refractivity contribution in [3.63, 3.8) is 0 Å². The molecule has 1 aliphatic heterocycles. The maximum atomic E-state index is 13.1. The zero-order valence-corrected chi connectivity index (χ0v) is 19.7. The van der Waals surface area contributed by atoms with E-state index < -0.39 is 21.1 Å². The number of hydrogen-bond donors (Lipinski definition) is 3. The number of benzene rings is 1. The van der Waals surface area contributed by atoms with Crippen LogP contribution >= 0.6 is 0 Å². The van der Waals surface area contributed by atoms with Crippen molar-refractivity contribution in [3.05, 3.63) is 38.9 Å². The van der Waals surface area contributed by atoms with Crippen molar-refractivity contribution < 1.29 is 13.2 Å². The Labute approximate surface area is 187 Å². The van der Waals surface area contributed by atoms with E-state index in [1.54, 1.807) is 0 Å². The molecule has 2 heterocycles. The van der Waals surface area contributed by atoms with Gasteiger partial charge in [0.2, 0.25) is 15.9 Å². The summed E-state index contributed by atoms with van der Waals surface area (Å²) in [6, 6.07) is 4.19. The van der Waals surface area contributed by atoms with E-state index in [9.17, 15) is 22.8 Å². The third kappa shape index (κ3) is 5.45. The van der Waals surface area contributed by atoms with Gasteiger partial charge < -0.3 is 20.2 Å². The summed E-state index contributed by atoms with van der Waals surface area (Å²) in [5, 5.41) is 3.02. The third-order valence-corrected chi connectivity index (χ3v) is 7.54. The van der Waals surface area contributed by atoms with Gasteiger partial charge in [-0.3, -0.25) is 14.4 Å². The van der Waals surface area contributed by atoms with E-state index in [0.29, 0.717) is 24.9 Å². The lowest BCUT2D eigenvalue weighted by molar-refractivity contribution is -0.126. The predicted octanol–water partition coefficient (Wildman–Crippen LogP) is 0.321. The first kappa shape index (κ1) is 24.1. The Morgan fingerprint density at radius 1 is 1.12 bits per heavy atom. The van der Waals surface area contributed by atoms with E-state index in [2.05, 4.69) is 34.0 Å². The van der Waals surface area contributed by atoms with Crippen molar-refractivity contribution in [1.29, 1.82) is 0 Å². The van der Waals surface area contributed by atoms with E-state index in [-0.39, 0.29) is 40.7 Å². The first-order chi connectivity index (χ1) is 14.9. The second-order valence-electron chi connectivity index (χ2n) is 9.41. The number of carbonyl (C=O) groups excluding carboxylic acids is 1. The van der Waals surface area contributed by atoms with Gasteiger partial charge in [-0.15, -0.1) is 0 Å². The fourth-order valence-corrected chi connectivity index (χ4v) is 5.64. The highest BCUT2D eigenvalue weighted by Gasteiger charge is 2.33. The molecular formula is C21H31N5O5S. The van der Waals surface area contributed by atoms with Gasteiger partial charge in [0.05, 0.1) is 15.9 Å². The minimum atomic E-state index is -3.79. The number of nitrogens with zero attached hydrogens (tertiary/aromatic N) is 2. The fraction of sp³-hybridized carbons (Fsp3) is 0.571. The van der Waals surface area contributed by atoms with Crippen molar-refractivity contribution in [3.8, 4) is 0 Å². The maximum Gasteiger partial charge on any atom is 0.314 e. The van der Waals surface area contributed by atoms with Crippen molar-refractivity contribution in [2.45, 2.75) is 31.6 Å². The van der Waals surface area contributed by atoms with Gasteiger partial charge in [-0.05, 0) is 50.6 Å². The number of fused-ring (bicyclic) bond motifs is 1. The minimum Gasteiger partial charge on any atom is -0.355 e. The van der Waals surface area contributed by atoms with Crippen molar-refractivity contribution in [2.75, 3.05) is 40.3 Å². The molecular weight excluding hydrogens is 434 g/mol. The van der Waals surface area contributed by atoms with Crippen LogP contribution in [-0.4, -0.2) is 73.8 Å². The number of sulfonamides is 1. The zero-order chi connectivity index (χ0) is 23.7. The molecule has 3 rings (SSSR count). The number of amides is 1. The molecule has 1 aromatic carbocycles. The SMILES string of the molecule is CN(C)CC(C)(C)CNC(=O)C1CCN(S(=O)(=O)c2ccc3[nH]c(=O)c(=O)[nH]c3c2)CC1. The second kappa shape index (κ2) is 9.16. The van der Waals surface area contributed by atoms with Crippen LogP contribution in [0.2, 0.25) is 0 Å². The highest BCUT2D eigenvalue weighted by molar-refractivity contribution is 7.89. The van der Waals surface area contributed by atoms with Gasteiger partial charge >= 0.3 is 11.1 Å². The molecule has 1 aromatic heterocycles. The number of H-pyrrole nitrogens is 2. The Hall–Kier alpha value is -2.50. The smallest absolute Gasteiger partial charge is 0.314 e. The molecule has 11 heteroatoms. The molecule has 0 bridgehead atoms. The first-order valence-corrected chi connectivity index (χ1v) is 12.0. The first-order valence-electron chi connectivity index (χ1n) is 10.6. The summed E-state index contributed by atoms with van der Waals surface area (Å²) >= 11 is 0. The highest BCUT2D eigenvalue weighted by Crippen LogP contribution is 2.25. The summed E-state index contributed by atoms with van der Waals surface area (Å²) in [7, 11) is 0.192. The lowest BCUT2D eigenvalue weighted by atomic mass is 9.91. The van der Waals surface area contributed by atoms with E-state index in [4.69, 9.17) is 0 Å². The second-order valence-corrected chi connectivity index (χ2v) is 11.4. The summed E-state index contributed by atoms with van der Waals surface area (Å²) in [5.41, 5.74) is -1.11. The van der Waals surface area contributed by atoms with Gasteiger partial charge in [0.25, 0.3) is 0 Å². The zero-order valence-electron chi connectivity index (χ0n) is 18.9. The van der Waals surface area contributed by atoms with E-state index in [0.717, 1.165) is 6.54 Å². The molecule has 0 aliphatic carbocycles. The monoisotopic (exact) mass is 465 g/mol. The molecule has 1 saturated heterocycles. The number of hydrogen-bond acceptors (Lipinski definition) is 6. The van der Waals surface area contributed by atoms with Crippen LogP contribution in [0.5, 0.6) is 0 Å². The Morgan fingerprint density at radius 2 is 1.72 bits per heavy atom. The molecule has 0 atom stereocenters. The maximum absolute atomic E-state index is 13.1. The van der Waals surface area contributed by atoms with Gasteiger partial charge in [0.1, 0.15) is 0 Å². The average molecular weight is 466 g/mol. The molecule has 32 heavy (non-hydrogen) atoms. The lowest BCUT2D eigenvalue weighted by Crippen LogP contribution is -2.46. The summed E-state index contributed by atoms with van der Waals surface area (Å²) < 4.78 is 27.5. The molecule has 0 saturated carbocycles. The van der Waals surface area contributed by atoms with Crippen LogP contribution in [-0.2, 0) is 14.8 Å². The Kier molecular flexibility index (Phi) is 6.91. The minimum absolute atomic E-state index is 0.0287. The summed E-state index contributed by atoms with van der Waals surface area (Å²) in [6.45, 7) is 6.06.